The maximum atomic E-state index is 12.5. The Labute approximate surface area is 186 Å². The van der Waals surface area contributed by atoms with Crippen LogP contribution in [0, 0.1) is 0 Å². The topological polar surface area (TPSA) is 60.9 Å². The molecule has 2 heterocycles. The Morgan fingerprint density at radius 2 is 2.03 bits per heavy atom. The van der Waals surface area contributed by atoms with E-state index in [4.69, 9.17) is 9.47 Å². The summed E-state index contributed by atoms with van der Waals surface area (Å²) in [7, 11) is 1.37. The maximum absolute atomic E-state index is 12.5. The number of alkyl halides is 3. The highest BCUT2D eigenvalue weighted by atomic mass is 32.1. The first-order valence-corrected chi connectivity index (χ1v) is 10.6. The van der Waals surface area contributed by atoms with Crippen molar-refractivity contribution in [3.8, 4) is 28.4 Å². The number of hydrogen-bond donors (Lipinski definition) is 0. The fraction of sp³-hybridized carbons (Fsp3) is 0.273. The first-order valence-electron chi connectivity index (χ1n) is 9.73. The zero-order valence-corrected chi connectivity index (χ0v) is 18.0. The van der Waals surface area contributed by atoms with Gasteiger partial charge in [-0.1, -0.05) is 13.0 Å². The van der Waals surface area contributed by atoms with Gasteiger partial charge in [-0.2, -0.15) is 0 Å². The van der Waals surface area contributed by atoms with E-state index in [-0.39, 0.29) is 11.5 Å². The summed E-state index contributed by atoms with van der Waals surface area (Å²) < 4.78 is 52.3. The van der Waals surface area contributed by atoms with Crippen molar-refractivity contribution in [2.75, 3.05) is 7.11 Å². The van der Waals surface area contributed by atoms with Gasteiger partial charge in [-0.05, 0) is 36.2 Å². The molecule has 32 heavy (non-hydrogen) atoms. The number of carbonyl (C=O) groups excluding carboxylic acids is 1. The van der Waals surface area contributed by atoms with Crippen LogP contribution < -0.4 is 14.2 Å². The van der Waals surface area contributed by atoms with Crippen molar-refractivity contribution in [1.82, 2.24) is 9.88 Å². The minimum absolute atomic E-state index is 0.228. The molecule has 0 saturated heterocycles. The molecule has 6 nitrogen and oxygen atoms in total. The zero-order valence-electron chi connectivity index (χ0n) is 17.2. The lowest BCUT2D eigenvalue weighted by Crippen LogP contribution is -2.36. The number of aryl methyl sites for hydroxylation is 1. The lowest BCUT2D eigenvalue weighted by molar-refractivity contribution is -0.274. The number of aromatic nitrogens is 1. The molecule has 168 valence electrons. The molecule has 4 rings (SSSR count). The summed E-state index contributed by atoms with van der Waals surface area (Å²) in [4.78, 5) is 18.5. The summed E-state index contributed by atoms with van der Waals surface area (Å²) in [6, 6.07) is 9.12. The van der Waals surface area contributed by atoms with Crippen LogP contribution in [0.25, 0.3) is 11.1 Å². The van der Waals surface area contributed by atoms with Gasteiger partial charge < -0.3 is 14.2 Å². The van der Waals surface area contributed by atoms with Crippen molar-refractivity contribution < 1.29 is 32.2 Å². The molecule has 2 aromatic carbocycles. The van der Waals surface area contributed by atoms with Crippen molar-refractivity contribution in [2.45, 2.75) is 32.8 Å². The van der Waals surface area contributed by atoms with Crippen LogP contribution in [-0.4, -0.2) is 29.4 Å². The summed E-state index contributed by atoms with van der Waals surface area (Å²) in [5, 5.41) is 2.79. The molecular formula is C22H19F3N2O4S. The number of hydrogen-bond acceptors (Lipinski definition) is 6. The van der Waals surface area contributed by atoms with Crippen LogP contribution in [0.4, 0.5) is 18.0 Å². The van der Waals surface area contributed by atoms with E-state index in [2.05, 4.69) is 9.72 Å². The Kier molecular flexibility index (Phi) is 5.96. The number of benzene rings is 2. The molecule has 1 aliphatic rings. The largest absolute Gasteiger partial charge is 0.573 e. The lowest BCUT2D eigenvalue weighted by Gasteiger charge is -2.27. The first-order chi connectivity index (χ1) is 15.3. The first kappa shape index (κ1) is 21.9. The molecule has 10 heteroatoms. The molecule has 0 radical (unpaired) electrons. The average molecular weight is 464 g/mol. The SMILES string of the molecule is CCc1csc(CN2Cc3cc(-c4ccc(OC(F)(F)F)cc4OC)ccc3OC2=O)n1. The van der Waals surface area contributed by atoms with E-state index in [1.165, 1.54) is 36.6 Å². The molecule has 0 fully saturated rings. The summed E-state index contributed by atoms with van der Waals surface area (Å²) in [5.41, 5.74) is 3.04. The van der Waals surface area contributed by atoms with E-state index in [1.54, 1.807) is 17.0 Å². The smallest absolute Gasteiger partial charge is 0.496 e. The van der Waals surface area contributed by atoms with Crippen LogP contribution in [-0.2, 0) is 19.5 Å². The molecule has 1 aliphatic heterocycles. The number of methoxy groups -OCH3 is 1. The fourth-order valence-electron chi connectivity index (χ4n) is 3.37. The third-order valence-electron chi connectivity index (χ3n) is 4.88. The second-order valence-electron chi connectivity index (χ2n) is 7.04. The van der Waals surface area contributed by atoms with Gasteiger partial charge >= 0.3 is 12.5 Å². The summed E-state index contributed by atoms with van der Waals surface area (Å²) in [6.45, 7) is 2.67. The van der Waals surface area contributed by atoms with E-state index in [0.717, 1.165) is 22.7 Å². The summed E-state index contributed by atoms with van der Waals surface area (Å²) in [6.07, 6.45) is -4.42. The van der Waals surface area contributed by atoms with Crippen molar-refractivity contribution in [3.05, 3.63) is 58.0 Å². The number of carbonyl (C=O) groups is 1. The Hall–Kier alpha value is -3.27. The van der Waals surface area contributed by atoms with Crippen molar-refractivity contribution in [2.24, 2.45) is 0 Å². The predicted molar refractivity (Wildman–Crippen MR) is 112 cm³/mol. The van der Waals surface area contributed by atoms with Crippen LogP contribution in [0.1, 0.15) is 23.2 Å². The molecule has 0 saturated carbocycles. The fourth-order valence-corrected chi connectivity index (χ4v) is 4.27. The second kappa shape index (κ2) is 8.70. The lowest BCUT2D eigenvalue weighted by atomic mass is 10.0. The standard InChI is InChI=1S/C22H19F3N2O4S/c1-3-15-12-32-20(26-15)11-27-10-14-8-13(4-7-18(14)30-21(27)28)17-6-5-16(9-19(17)29-2)31-22(23,24)25/h4-9,12H,3,10-11H2,1-2H3. The summed E-state index contributed by atoms with van der Waals surface area (Å²) in [5.74, 6) is 0.302. The predicted octanol–water partition coefficient (Wildman–Crippen LogP) is 5.79. The van der Waals surface area contributed by atoms with Gasteiger partial charge in [-0.25, -0.2) is 9.78 Å². The second-order valence-corrected chi connectivity index (χ2v) is 7.99. The Balaban J connectivity index is 1.59. The monoisotopic (exact) mass is 464 g/mol. The quantitative estimate of drug-likeness (QED) is 0.462. The van der Waals surface area contributed by atoms with Gasteiger partial charge in [0.1, 0.15) is 22.3 Å². The van der Waals surface area contributed by atoms with E-state index in [1.807, 2.05) is 18.4 Å². The Morgan fingerprint density at radius 1 is 1.22 bits per heavy atom. The molecule has 0 bridgehead atoms. The van der Waals surface area contributed by atoms with Gasteiger partial charge in [0.25, 0.3) is 0 Å². The van der Waals surface area contributed by atoms with Gasteiger partial charge in [-0.3, -0.25) is 4.90 Å². The minimum atomic E-state index is -4.79. The molecule has 0 N–H and O–H groups in total. The van der Waals surface area contributed by atoms with Crippen LogP contribution >= 0.6 is 11.3 Å². The molecular weight excluding hydrogens is 445 g/mol. The highest BCUT2D eigenvalue weighted by molar-refractivity contribution is 7.09. The van der Waals surface area contributed by atoms with Gasteiger partial charge in [0, 0.05) is 22.6 Å². The highest BCUT2D eigenvalue weighted by Gasteiger charge is 2.31. The Morgan fingerprint density at radius 3 is 2.72 bits per heavy atom. The van der Waals surface area contributed by atoms with Crippen LogP contribution in [0.15, 0.2) is 41.8 Å². The number of fused-ring (bicyclic) bond motifs is 1. The molecule has 0 spiro atoms. The van der Waals surface area contributed by atoms with Crippen molar-refractivity contribution in [3.63, 3.8) is 0 Å². The van der Waals surface area contributed by atoms with E-state index < -0.39 is 12.5 Å². The Bertz CT molecular complexity index is 1150. The maximum Gasteiger partial charge on any atom is 0.573 e. The van der Waals surface area contributed by atoms with Crippen molar-refractivity contribution >= 4 is 17.4 Å². The number of halogens is 3. The molecule has 0 aliphatic carbocycles. The van der Waals surface area contributed by atoms with Gasteiger partial charge in [0.05, 0.1) is 25.9 Å². The van der Waals surface area contributed by atoms with Crippen LogP contribution in [0.2, 0.25) is 0 Å². The van der Waals surface area contributed by atoms with Crippen molar-refractivity contribution in [1.29, 1.82) is 0 Å². The van der Waals surface area contributed by atoms with Crippen LogP contribution in [0.3, 0.4) is 0 Å². The van der Waals surface area contributed by atoms with E-state index >= 15 is 0 Å². The average Bonchev–Trinajstić information content (AvgIpc) is 3.20. The van der Waals surface area contributed by atoms with E-state index in [0.29, 0.717) is 30.0 Å². The molecule has 0 unspecified atom stereocenters. The summed E-state index contributed by atoms with van der Waals surface area (Å²) >= 11 is 1.49. The molecule has 1 aromatic heterocycles. The highest BCUT2D eigenvalue weighted by Crippen LogP contribution is 2.38. The minimum Gasteiger partial charge on any atom is -0.496 e. The number of ether oxygens (including phenoxy) is 3. The zero-order chi connectivity index (χ0) is 22.9. The third kappa shape index (κ3) is 4.80. The number of thiazole rings is 1. The van der Waals surface area contributed by atoms with Gasteiger partial charge in [0.2, 0.25) is 0 Å². The normalized spacial score (nSPS) is 13.5. The molecule has 3 aromatic rings. The van der Waals surface area contributed by atoms with Gasteiger partial charge in [-0.15, -0.1) is 24.5 Å². The molecule has 1 amide bonds. The number of rotatable bonds is 6. The van der Waals surface area contributed by atoms with E-state index in [9.17, 15) is 18.0 Å². The van der Waals surface area contributed by atoms with Crippen LogP contribution in [0.5, 0.6) is 17.2 Å². The number of amides is 1. The number of nitrogens with zero attached hydrogens (tertiary/aromatic N) is 2. The molecule has 0 atom stereocenters. The van der Waals surface area contributed by atoms with Gasteiger partial charge in [0.15, 0.2) is 0 Å². The third-order valence-corrected chi connectivity index (χ3v) is 5.76.